The van der Waals surface area contributed by atoms with Gasteiger partial charge in [0.1, 0.15) is 0 Å². The van der Waals surface area contributed by atoms with Crippen LogP contribution in [0.4, 0.5) is 0 Å². The molecule has 2 aromatic carbocycles. The summed E-state index contributed by atoms with van der Waals surface area (Å²) < 4.78 is 0. The second kappa shape index (κ2) is 6.65. The summed E-state index contributed by atoms with van der Waals surface area (Å²) in [6.07, 6.45) is 2.09. The van der Waals surface area contributed by atoms with E-state index in [9.17, 15) is 9.59 Å². The van der Waals surface area contributed by atoms with E-state index >= 15 is 0 Å². The molecule has 0 aliphatic heterocycles. The predicted octanol–water partition coefficient (Wildman–Crippen LogP) is 2.82. The third-order valence-electron chi connectivity index (χ3n) is 3.87. The highest BCUT2D eigenvalue weighted by atomic mass is 16.2. The molecule has 0 atom stereocenters. The standard InChI is InChI=1S/C19H20N2O2/c1-13-5-7-14(8-6-13)12-20-18(22)15-3-2-4-16(11-15)19(23)21-17-9-10-17/h2-8,11,17H,9-10,12H2,1H3,(H,20,22)(H,21,23). The molecule has 1 saturated carbocycles. The van der Waals surface area contributed by atoms with Gasteiger partial charge in [0.05, 0.1) is 0 Å². The number of carbonyl (C=O) groups excluding carboxylic acids is 2. The van der Waals surface area contributed by atoms with Gasteiger partial charge in [-0.3, -0.25) is 9.59 Å². The van der Waals surface area contributed by atoms with Gasteiger partial charge in [-0.15, -0.1) is 0 Å². The first-order chi connectivity index (χ1) is 11.1. The Hall–Kier alpha value is -2.62. The fourth-order valence-electron chi connectivity index (χ4n) is 2.29. The van der Waals surface area contributed by atoms with Crippen molar-refractivity contribution in [3.63, 3.8) is 0 Å². The van der Waals surface area contributed by atoms with Gasteiger partial charge in [0.2, 0.25) is 0 Å². The van der Waals surface area contributed by atoms with Crippen LogP contribution in [0.2, 0.25) is 0 Å². The van der Waals surface area contributed by atoms with Crippen molar-refractivity contribution in [1.29, 1.82) is 0 Å². The molecule has 23 heavy (non-hydrogen) atoms. The highest BCUT2D eigenvalue weighted by Gasteiger charge is 2.24. The summed E-state index contributed by atoms with van der Waals surface area (Å²) in [5, 5.41) is 5.81. The highest BCUT2D eigenvalue weighted by molar-refractivity contribution is 5.99. The molecule has 1 aliphatic carbocycles. The predicted molar refractivity (Wildman–Crippen MR) is 89.3 cm³/mol. The lowest BCUT2D eigenvalue weighted by Crippen LogP contribution is -2.26. The second-order valence-corrected chi connectivity index (χ2v) is 6.00. The Morgan fingerprint density at radius 1 is 1.00 bits per heavy atom. The van der Waals surface area contributed by atoms with Crippen molar-refractivity contribution in [2.24, 2.45) is 0 Å². The van der Waals surface area contributed by atoms with Gasteiger partial charge in [0.15, 0.2) is 0 Å². The first-order valence-corrected chi connectivity index (χ1v) is 7.86. The van der Waals surface area contributed by atoms with Crippen LogP contribution >= 0.6 is 0 Å². The van der Waals surface area contributed by atoms with Crippen LogP contribution in [-0.4, -0.2) is 17.9 Å². The monoisotopic (exact) mass is 308 g/mol. The van der Waals surface area contributed by atoms with Crippen LogP contribution in [0.25, 0.3) is 0 Å². The number of rotatable bonds is 5. The molecular weight excluding hydrogens is 288 g/mol. The van der Waals surface area contributed by atoms with E-state index in [1.165, 1.54) is 5.56 Å². The second-order valence-electron chi connectivity index (χ2n) is 6.00. The molecule has 1 fully saturated rings. The van der Waals surface area contributed by atoms with Crippen molar-refractivity contribution in [3.05, 3.63) is 70.8 Å². The molecular formula is C19H20N2O2. The van der Waals surface area contributed by atoms with Crippen LogP contribution in [0.3, 0.4) is 0 Å². The molecule has 2 N–H and O–H groups in total. The largest absolute Gasteiger partial charge is 0.349 e. The number of carbonyl (C=O) groups is 2. The van der Waals surface area contributed by atoms with Gasteiger partial charge in [0.25, 0.3) is 11.8 Å². The van der Waals surface area contributed by atoms with Crippen LogP contribution in [0.1, 0.15) is 44.7 Å². The lowest BCUT2D eigenvalue weighted by Gasteiger charge is -2.08. The summed E-state index contributed by atoms with van der Waals surface area (Å²) in [5.41, 5.74) is 3.27. The zero-order chi connectivity index (χ0) is 16.2. The Bertz CT molecular complexity index is 718. The maximum atomic E-state index is 12.3. The average Bonchev–Trinajstić information content (AvgIpc) is 3.38. The number of hydrogen-bond acceptors (Lipinski definition) is 2. The van der Waals surface area contributed by atoms with Gasteiger partial charge in [-0.2, -0.15) is 0 Å². The molecule has 0 spiro atoms. The van der Waals surface area contributed by atoms with Crippen LogP contribution in [0.15, 0.2) is 48.5 Å². The van der Waals surface area contributed by atoms with Gasteiger partial charge in [-0.05, 0) is 43.5 Å². The van der Waals surface area contributed by atoms with E-state index in [0.717, 1.165) is 18.4 Å². The zero-order valence-electron chi connectivity index (χ0n) is 13.1. The summed E-state index contributed by atoms with van der Waals surface area (Å²) in [6, 6.07) is 15.2. The van der Waals surface area contributed by atoms with E-state index in [0.29, 0.717) is 23.7 Å². The minimum absolute atomic E-state index is 0.110. The average molecular weight is 308 g/mol. The van der Waals surface area contributed by atoms with E-state index in [1.54, 1.807) is 24.3 Å². The molecule has 0 heterocycles. The van der Waals surface area contributed by atoms with Crippen LogP contribution < -0.4 is 10.6 Å². The third-order valence-corrected chi connectivity index (χ3v) is 3.87. The number of amides is 2. The molecule has 1 aliphatic rings. The minimum Gasteiger partial charge on any atom is -0.349 e. The maximum Gasteiger partial charge on any atom is 0.251 e. The van der Waals surface area contributed by atoms with Crippen LogP contribution in [0.5, 0.6) is 0 Å². The molecule has 4 heteroatoms. The van der Waals surface area contributed by atoms with Crippen LogP contribution in [0, 0.1) is 6.92 Å². The Kier molecular flexibility index (Phi) is 4.42. The summed E-state index contributed by atoms with van der Waals surface area (Å²) in [7, 11) is 0. The van der Waals surface area contributed by atoms with Crippen LogP contribution in [-0.2, 0) is 6.54 Å². The minimum atomic E-state index is -0.174. The summed E-state index contributed by atoms with van der Waals surface area (Å²) >= 11 is 0. The number of nitrogens with one attached hydrogen (secondary N) is 2. The quantitative estimate of drug-likeness (QED) is 0.892. The Morgan fingerprint density at radius 2 is 1.65 bits per heavy atom. The van der Waals surface area contributed by atoms with Crippen molar-refractivity contribution >= 4 is 11.8 Å². The molecule has 2 amide bonds. The van der Waals surface area contributed by atoms with E-state index in [2.05, 4.69) is 10.6 Å². The van der Waals surface area contributed by atoms with Gasteiger partial charge in [-0.25, -0.2) is 0 Å². The molecule has 118 valence electrons. The summed E-state index contributed by atoms with van der Waals surface area (Å²) in [5.74, 6) is -0.285. The Balaban J connectivity index is 1.62. The van der Waals surface area contributed by atoms with Gasteiger partial charge < -0.3 is 10.6 Å². The number of benzene rings is 2. The summed E-state index contributed by atoms with van der Waals surface area (Å²) in [6.45, 7) is 2.50. The molecule has 3 rings (SSSR count). The van der Waals surface area contributed by atoms with E-state index < -0.39 is 0 Å². The molecule has 0 unspecified atom stereocenters. The molecule has 0 saturated heterocycles. The van der Waals surface area contributed by atoms with Gasteiger partial charge in [-0.1, -0.05) is 35.9 Å². The van der Waals surface area contributed by atoms with Crippen molar-refractivity contribution in [1.82, 2.24) is 10.6 Å². The molecule has 4 nitrogen and oxygen atoms in total. The van der Waals surface area contributed by atoms with E-state index in [4.69, 9.17) is 0 Å². The van der Waals surface area contributed by atoms with Crippen molar-refractivity contribution < 1.29 is 9.59 Å². The third kappa shape index (κ3) is 4.19. The SMILES string of the molecule is Cc1ccc(CNC(=O)c2cccc(C(=O)NC3CC3)c2)cc1. The highest BCUT2D eigenvalue weighted by Crippen LogP contribution is 2.19. The zero-order valence-corrected chi connectivity index (χ0v) is 13.1. The Labute approximate surface area is 135 Å². The normalized spacial score (nSPS) is 13.4. The smallest absolute Gasteiger partial charge is 0.251 e. The number of aryl methyl sites for hydroxylation is 1. The fraction of sp³-hybridized carbons (Fsp3) is 0.263. The first-order valence-electron chi connectivity index (χ1n) is 7.86. The van der Waals surface area contributed by atoms with Crippen molar-refractivity contribution in [2.75, 3.05) is 0 Å². The van der Waals surface area contributed by atoms with E-state index in [1.807, 2.05) is 31.2 Å². The maximum absolute atomic E-state index is 12.3. The molecule has 0 aromatic heterocycles. The summed E-state index contributed by atoms with van der Waals surface area (Å²) in [4.78, 5) is 24.3. The lowest BCUT2D eigenvalue weighted by atomic mass is 10.1. The molecule has 0 bridgehead atoms. The lowest BCUT2D eigenvalue weighted by molar-refractivity contribution is 0.0950. The number of hydrogen-bond donors (Lipinski definition) is 2. The molecule has 0 radical (unpaired) electrons. The van der Waals surface area contributed by atoms with E-state index in [-0.39, 0.29) is 11.8 Å². The first kappa shape index (κ1) is 15.3. The van der Waals surface area contributed by atoms with Gasteiger partial charge in [0, 0.05) is 23.7 Å². The fourth-order valence-corrected chi connectivity index (χ4v) is 2.29. The van der Waals surface area contributed by atoms with Crippen molar-refractivity contribution in [3.8, 4) is 0 Å². The topological polar surface area (TPSA) is 58.2 Å². The van der Waals surface area contributed by atoms with Crippen molar-refractivity contribution in [2.45, 2.75) is 32.4 Å². The van der Waals surface area contributed by atoms with Gasteiger partial charge >= 0.3 is 0 Å². The Morgan fingerprint density at radius 3 is 2.30 bits per heavy atom. The molecule has 2 aromatic rings.